The number of aliphatic carboxylic acids is 1. The van der Waals surface area contributed by atoms with Gasteiger partial charge in [0.15, 0.2) is 0 Å². The van der Waals surface area contributed by atoms with Crippen LogP contribution in [0.25, 0.3) is 22.3 Å². The Morgan fingerprint density at radius 1 is 0.973 bits per heavy atom. The molecule has 1 atom stereocenters. The summed E-state index contributed by atoms with van der Waals surface area (Å²) in [7, 11) is 0. The number of fused-ring (bicyclic) bond motifs is 2. The largest absolute Gasteiger partial charge is 0.481 e. The molecule has 3 aromatic carbocycles. The zero-order valence-electron chi connectivity index (χ0n) is 20.4. The summed E-state index contributed by atoms with van der Waals surface area (Å²) in [5.74, 6) is -1.28. The number of hydrogen-bond acceptors (Lipinski definition) is 4. The lowest BCUT2D eigenvalue weighted by molar-refractivity contribution is -0.137. The normalized spacial score (nSPS) is 14.8. The molecule has 1 amide bonds. The average molecular weight is 498 g/mol. The molecule has 4 aromatic rings. The van der Waals surface area contributed by atoms with E-state index in [2.05, 4.69) is 5.32 Å². The van der Waals surface area contributed by atoms with E-state index in [4.69, 9.17) is 15.1 Å². The summed E-state index contributed by atoms with van der Waals surface area (Å²) >= 11 is 0. The maximum absolute atomic E-state index is 13.7. The topological polar surface area (TPSA) is 92.2 Å². The van der Waals surface area contributed by atoms with Crippen LogP contribution in [-0.4, -0.2) is 27.0 Å². The minimum Gasteiger partial charge on any atom is -0.481 e. The number of rotatable bonds is 8. The van der Waals surface area contributed by atoms with Gasteiger partial charge in [-0.1, -0.05) is 36.4 Å². The first kappa shape index (κ1) is 24.6. The van der Waals surface area contributed by atoms with Gasteiger partial charge in [0.2, 0.25) is 0 Å². The zero-order chi connectivity index (χ0) is 25.8. The average Bonchev–Trinajstić information content (AvgIpc) is 2.90. The van der Waals surface area contributed by atoms with Gasteiger partial charge in [0.1, 0.15) is 5.82 Å². The summed E-state index contributed by atoms with van der Waals surface area (Å²) in [6.45, 7) is 0. The molecule has 0 saturated heterocycles. The second-order valence-electron chi connectivity index (χ2n) is 9.45. The Morgan fingerprint density at radius 3 is 2.62 bits per heavy atom. The van der Waals surface area contributed by atoms with Gasteiger partial charge >= 0.3 is 5.97 Å². The van der Waals surface area contributed by atoms with Crippen LogP contribution in [0.1, 0.15) is 65.3 Å². The molecule has 2 N–H and O–H groups in total. The van der Waals surface area contributed by atoms with E-state index in [1.54, 1.807) is 24.3 Å². The zero-order valence-corrected chi connectivity index (χ0v) is 20.4. The molecule has 1 aliphatic carbocycles. The van der Waals surface area contributed by atoms with Gasteiger partial charge in [-0.15, -0.1) is 0 Å². The molecule has 0 bridgehead atoms. The monoisotopic (exact) mass is 497 g/mol. The van der Waals surface area contributed by atoms with E-state index in [0.29, 0.717) is 35.9 Å². The van der Waals surface area contributed by atoms with Crippen molar-refractivity contribution in [3.05, 3.63) is 94.9 Å². The molecular formula is C30H28FN3O3. The van der Waals surface area contributed by atoms with Crippen LogP contribution in [0.15, 0.2) is 66.7 Å². The van der Waals surface area contributed by atoms with E-state index in [1.165, 1.54) is 6.07 Å². The first-order chi connectivity index (χ1) is 18.0. The quantitative estimate of drug-likeness (QED) is 0.290. The summed E-state index contributed by atoms with van der Waals surface area (Å²) in [4.78, 5) is 33.9. The second kappa shape index (κ2) is 10.9. The molecule has 7 heteroatoms. The van der Waals surface area contributed by atoms with E-state index in [-0.39, 0.29) is 24.2 Å². The lowest BCUT2D eigenvalue weighted by atomic mass is 9.87. The van der Waals surface area contributed by atoms with Crippen molar-refractivity contribution < 1.29 is 19.1 Å². The van der Waals surface area contributed by atoms with Gasteiger partial charge in [0, 0.05) is 17.5 Å². The van der Waals surface area contributed by atoms with E-state index >= 15 is 0 Å². The fourth-order valence-electron chi connectivity index (χ4n) is 4.98. The maximum atomic E-state index is 13.7. The van der Waals surface area contributed by atoms with Gasteiger partial charge in [0.05, 0.1) is 28.5 Å². The summed E-state index contributed by atoms with van der Waals surface area (Å²) in [5.41, 5.74) is 6.20. The Kier molecular flexibility index (Phi) is 7.21. The van der Waals surface area contributed by atoms with Crippen LogP contribution in [-0.2, 0) is 17.6 Å². The Hall–Kier alpha value is -4.13. The minimum absolute atomic E-state index is 0.114. The molecule has 1 heterocycles. The van der Waals surface area contributed by atoms with Gasteiger partial charge in [-0.3, -0.25) is 9.59 Å². The Morgan fingerprint density at radius 2 is 1.81 bits per heavy atom. The van der Waals surface area contributed by atoms with Crippen molar-refractivity contribution >= 4 is 22.9 Å². The predicted octanol–water partition coefficient (Wildman–Crippen LogP) is 6.04. The molecule has 0 spiro atoms. The van der Waals surface area contributed by atoms with E-state index < -0.39 is 5.97 Å². The van der Waals surface area contributed by atoms with Crippen LogP contribution < -0.4 is 5.32 Å². The smallest absolute Gasteiger partial charge is 0.303 e. The fraction of sp³-hybridized carbons (Fsp3) is 0.267. The summed E-state index contributed by atoms with van der Waals surface area (Å²) in [6.07, 6.45) is 4.43. The molecule has 5 rings (SSSR count). The standard InChI is InChI=1S/C30H28FN3O3/c31-22-14-15-23-20(17-22)9-6-11-24(23)34-30(37)21-13-16-25-27(18-21)32-26(10-4-5-12-28(35)36)29(33-25)19-7-2-1-3-8-19/h1-3,7-8,13-18,24H,4-6,9-12H2,(H,34,37)(H,35,36)/t24-/m1/s1. The molecule has 0 aliphatic heterocycles. The van der Waals surface area contributed by atoms with Gasteiger partial charge in [-0.25, -0.2) is 14.4 Å². The molecule has 0 radical (unpaired) electrons. The van der Waals surface area contributed by atoms with Crippen molar-refractivity contribution in [1.82, 2.24) is 15.3 Å². The number of benzene rings is 3. The van der Waals surface area contributed by atoms with Gasteiger partial charge < -0.3 is 10.4 Å². The van der Waals surface area contributed by atoms with Gasteiger partial charge in [0.25, 0.3) is 5.91 Å². The number of aromatic nitrogens is 2. The van der Waals surface area contributed by atoms with Crippen molar-refractivity contribution in [3.63, 3.8) is 0 Å². The van der Waals surface area contributed by atoms with Crippen LogP contribution in [0.4, 0.5) is 4.39 Å². The first-order valence-electron chi connectivity index (χ1n) is 12.6. The molecule has 37 heavy (non-hydrogen) atoms. The predicted molar refractivity (Wildman–Crippen MR) is 140 cm³/mol. The lowest BCUT2D eigenvalue weighted by Crippen LogP contribution is -2.31. The summed E-state index contributed by atoms with van der Waals surface area (Å²) in [5, 5.41) is 12.1. The number of aryl methyl sites for hydroxylation is 2. The van der Waals surface area contributed by atoms with Crippen LogP contribution in [0.2, 0.25) is 0 Å². The van der Waals surface area contributed by atoms with Crippen LogP contribution >= 0.6 is 0 Å². The lowest BCUT2D eigenvalue weighted by Gasteiger charge is -2.26. The highest BCUT2D eigenvalue weighted by Gasteiger charge is 2.23. The number of nitrogens with one attached hydrogen (secondary N) is 1. The Labute approximate surface area is 214 Å². The van der Waals surface area contributed by atoms with Crippen LogP contribution in [0, 0.1) is 5.82 Å². The molecule has 6 nitrogen and oxygen atoms in total. The number of hydrogen-bond donors (Lipinski definition) is 2. The highest BCUT2D eigenvalue weighted by molar-refractivity contribution is 5.97. The number of unbranched alkanes of at least 4 members (excludes halogenated alkanes) is 1. The third kappa shape index (κ3) is 5.66. The molecule has 0 saturated carbocycles. The number of carboxylic acid groups (broad SMARTS) is 1. The molecular weight excluding hydrogens is 469 g/mol. The third-order valence-electron chi connectivity index (χ3n) is 6.82. The molecule has 1 aromatic heterocycles. The second-order valence-corrected chi connectivity index (χ2v) is 9.45. The Balaban J connectivity index is 1.42. The van der Waals surface area contributed by atoms with Crippen molar-refractivity contribution in [2.45, 2.75) is 51.0 Å². The van der Waals surface area contributed by atoms with Crippen molar-refractivity contribution in [3.8, 4) is 11.3 Å². The number of halogens is 1. The van der Waals surface area contributed by atoms with Gasteiger partial charge in [-0.05, 0) is 80.0 Å². The number of carboxylic acids is 1. The number of nitrogens with zero attached hydrogens (tertiary/aromatic N) is 2. The van der Waals surface area contributed by atoms with Crippen molar-refractivity contribution in [1.29, 1.82) is 0 Å². The highest BCUT2D eigenvalue weighted by Crippen LogP contribution is 2.31. The Bertz CT molecular complexity index is 1460. The third-order valence-corrected chi connectivity index (χ3v) is 6.82. The maximum Gasteiger partial charge on any atom is 0.303 e. The SMILES string of the molecule is O=C(O)CCCCc1nc2cc(C(=O)N[C@@H]3CCCc4cc(F)ccc43)ccc2nc1-c1ccccc1. The summed E-state index contributed by atoms with van der Waals surface area (Å²) in [6, 6.07) is 19.7. The van der Waals surface area contributed by atoms with Crippen LogP contribution in [0.5, 0.6) is 0 Å². The molecule has 1 aliphatic rings. The highest BCUT2D eigenvalue weighted by atomic mass is 19.1. The van der Waals surface area contributed by atoms with Gasteiger partial charge in [-0.2, -0.15) is 0 Å². The number of carbonyl (C=O) groups excluding carboxylic acids is 1. The van der Waals surface area contributed by atoms with Crippen molar-refractivity contribution in [2.24, 2.45) is 0 Å². The van der Waals surface area contributed by atoms with E-state index in [9.17, 15) is 14.0 Å². The first-order valence-corrected chi connectivity index (χ1v) is 12.6. The van der Waals surface area contributed by atoms with Crippen LogP contribution in [0.3, 0.4) is 0 Å². The van der Waals surface area contributed by atoms with E-state index in [0.717, 1.165) is 47.3 Å². The molecule has 188 valence electrons. The molecule has 0 fully saturated rings. The number of carbonyl (C=O) groups is 2. The fourth-order valence-corrected chi connectivity index (χ4v) is 4.98. The number of amides is 1. The molecule has 0 unspecified atom stereocenters. The minimum atomic E-state index is -0.811. The van der Waals surface area contributed by atoms with Crippen molar-refractivity contribution in [2.75, 3.05) is 0 Å². The summed E-state index contributed by atoms with van der Waals surface area (Å²) < 4.78 is 13.7. The van der Waals surface area contributed by atoms with E-state index in [1.807, 2.05) is 36.4 Å².